The predicted octanol–water partition coefficient (Wildman–Crippen LogP) is 0.601. The molecule has 1 saturated heterocycles. The fraction of sp³-hybridized carbons (Fsp3) is 0.263. The quantitative estimate of drug-likeness (QED) is 0.462. The zero-order valence-electron chi connectivity index (χ0n) is 15.0. The molecule has 0 spiro atoms. The molecule has 160 valence electrons. The fourth-order valence-corrected chi connectivity index (χ4v) is 2.97. The summed E-state index contributed by atoms with van der Waals surface area (Å²) in [6, 6.07) is 6.13. The second kappa shape index (κ2) is 8.32. The number of ether oxygens (including phenoxy) is 2. The zero-order chi connectivity index (χ0) is 22.2. The number of carboxylic acids is 2. The van der Waals surface area contributed by atoms with Gasteiger partial charge in [-0.05, 0) is 29.8 Å². The summed E-state index contributed by atoms with van der Waals surface area (Å²) in [6.45, 7) is 0. The van der Waals surface area contributed by atoms with Crippen LogP contribution in [-0.4, -0.2) is 68.2 Å². The van der Waals surface area contributed by atoms with Crippen LogP contribution < -0.4 is 4.74 Å². The van der Waals surface area contributed by atoms with E-state index in [0.717, 1.165) is 24.3 Å². The number of aliphatic carboxylic acids is 1. The summed E-state index contributed by atoms with van der Waals surface area (Å²) < 4.78 is 37.3. The number of halogens is 2. The maximum absolute atomic E-state index is 14.0. The largest absolute Gasteiger partial charge is 0.479 e. The third kappa shape index (κ3) is 4.09. The van der Waals surface area contributed by atoms with E-state index in [2.05, 4.69) is 0 Å². The van der Waals surface area contributed by atoms with Crippen LogP contribution in [-0.2, 0) is 9.53 Å². The summed E-state index contributed by atoms with van der Waals surface area (Å²) in [5, 5.41) is 48.0. The second-order valence-corrected chi connectivity index (χ2v) is 6.49. The van der Waals surface area contributed by atoms with E-state index >= 15 is 0 Å². The standard InChI is InChI=1S/C19H16F2O9/c20-8-2-3-9(11(21)6-8)7-1-4-12(10(5-7)17(25)26)29-19-15(24)13(22)14(23)16(30-19)18(27)28/h1-6,13-16,19,22-24H,(H,25,26)(H,27,28)/t13-,14+,15+,16+,19-/m1/s1. The van der Waals surface area contributed by atoms with E-state index in [0.29, 0.717) is 6.07 Å². The van der Waals surface area contributed by atoms with Crippen LogP contribution in [0.4, 0.5) is 8.78 Å². The van der Waals surface area contributed by atoms with Crippen LogP contribution in [0, 0.1) is 11.6 Å². The summed E-state index contributed by atoms with van der Waals surface area (Å²) in [7, 11) is 0. The summed E-state index contributed by atoms with van der Waals surface area (Å²) in [4.78, 5) is 22.8. The summed E-state index contributed by atoms with van der Waals surface area (Å²) in [5.41, 5.74) is -0.496. The van der Waals surface area contributed by atoms with Gasteiger partial charge in [0.25, 0.3) is 0 Å². The number of benzene rings is 2. The van der Waals surface area contributed by atoms with E-state index < -0.39 is 59.8 Å². The molecule has 9 nitrogen and oxygen atoms in total. The molecule has 2 aromatic carbocycles. The summed E-state index contributed by atoms with van der Waals surface area (Å²) >= 11 is 0. The fourth-order valence-electron chi connectivity index (χ4n) is 2.97. The smallest absolute Gasteiger partial charge is 0.339 e. The molecule has 0 aliphatic carbocycles. The predicted molar refractivity (Wildman–Crippen MR) is 93.7 cm³/mol. The van der Waals surface area contributed by atoms with Crippen molar-refractivity contribution in [1.29, 1.82) is 0 Å². The lowest BCUT2D eigenvalue weighted by Crippen LogP contribution is -2.61. The van der Waals surface area contributed by atoms with E-state index in [-0.39, 0.29) is 16.9 Å². The van der Waals surface area contributed by atoms with Crippen LogP contribution >= 0.6 is 0 Å². The molecule has 11 heteroatoms. The minimum atomic E-state index is -1.94. The molecule has 0 amide bonds. The van der Waals surface area contributed by atoms with Gasteiger partial charge in [0.15, 0.2) is 6.10 Å². The molecule has 0 saturated carbocycles. The third-order valence-corrected chi connectivity index (χ3v) is 4.51. The van der Waals surface area contributed by atoms with Gasteiger partial charge < -0.3 is 35.0 Å². The Morgan fingerprint density at radius 3 is 2.23 bits per heavy atom. The van der Waals surface area contributed by atoms with Crippen LogP contribution in [0.3, 0.4) is 0 Å². The number of aliphatic hydroxyl groups is 3. The van der Waals surface area contributed by atoms with Crippen molar-refractivity contribution in [2.45, 2.75) is 30.7 Å². The van der Waals surface area contributed by atoms with E-state index in [1.54, 1.807) is 0 Å². The molecule has 30 heavy (non-hydrogen) atoms. The van der Waals surface area contributed by atoms with Crippen molar-refractivity contribution in [3.05, 3.63) is 53.6 Å². The molecule has 1 fully saturated rings. The molecule has 0 bridgehead atoms. The first-order valence-electron chi connectivity index (χ1n) is 8.52. The van der Waals surface area contributed by atoms with E-state index in [1.165, 1.54) is 6.07 Å². The Balaban J connectivity index is 1.94. The van der Waals surface area contributed by atoms with Crippen molar-refractivity contribution >= 4 is 11.9 Å². The number of hydrogen-bond donors (Lipinski definition) is 5. The van der Waals surface area contributed by atoms with Gasteiger partial charge in [0.2, 0.25) is 6.29 Å². The van der Waals surface area contributed by atoms with Crippen LogP contribution in [0.2, 0.25) is 0 Å². The lowest BCUT2D eigenvalue weighted by Gasteiger charge is -2.38. The monoisotopic (exact) mass is 426 g/mol. The lowest BCUT2D eigenvalue weighted by molar-refractivity contribution is -0.271. The van der Waals surface area contributed by atoms with Crippen LogP contribution in [0.1, 0.15) is 10.4 Å². The molecule has 3 rings (SSSR count). The first kappa shape index (κ1) is 21.6. The van der Waals surface area contributed by atoms with Gasteiger partial charge in [0.1, 0.15) is 41.3 Å². The first-order chi connectivity index (χ1) is 14.1. The number of carboxylic acid groups (broad SMARTS) is 2. The number of hydrogen-bond acceptors (Lipinski definition) is 7. The summed E-state index contributed by atoms with van der Waals surface area (Å²) in [5.74, 6) is -5.26. The van der Waals surface area contributed by atoms with Gasteiger partial charge in [-0.2, -0.15) is 0 Å². The second-order valence-electron chi connectivity index (χ2n) is 6.49. The Hall–Kier alpha value is -3.12. The minimum absolute atomic E-state index is 0.0797. The van der Waals surface area contributed by atoms with Crippen LogP contribution in [0.25, 0.3) is 11.1 Å². The molecule has 2 aromatic rings. The average molecular weight is 426 g/mol. The van der Waals surface area contributed by atoms with Crippen LogP contribution in [0.15, 0.2) is 36.4 Å². The molecule has 1 aliphatic heterocycles. The molecule has 1 aliphatic rings. The topological polar surface area (TPSA) is 154 Å². The van der Waals surface area contributed by atoms with E-state index in [4.69, 9.17) is 14.6 Å². The van der Waals surface area contributed by atoms with Crippen molar-refractivity contribution in [3.8, 4) is 16.9 Å². The Kier molecular flexibility index (Phi) is 5.99. The van der Waals surface area contributed by atoms with Gasteiger partial charge in [-0.1, -0.05) is 6.07 Å². The van der Waals surface area contributed by atoms with E-state index in [9.17, 15) is 38.8 Å². The molecular weight excluding hydrogens is 410 g/mol. The number of rotatable bonds is 5. The van der Waals surface area contributed by atoms with Crippen molar-refractivity contribution in [1.82, 2.24) is 0 Å². The Bertz CT molecular complexity index is 980. The van der Waals surface area contributed by atoms with Crippen LogP contribution in [0.5, 0.6) is 5.75 Å². The number of aromatic carboxylic acids is 1. The van der Waals surface area contributed by atoms with Crippen molar-refractivity contribution in [2.24, 2.45) is 0 Å². The third-order valence-electron chi connectivity index (χ3n) is 4.51. The SMILES string of the molecule is O=C(O)c1cc(-c2ccc(F)cc2F)ccc1O[C@@H]1O[C@H](C(=O)O)[C@@H](O)[C@@H](O)[C@@H]1O. The normalized spacial score (nSPS) is 26.2. The van der Waals surface area contributed by atoms with Crippen molar-refractivity contribution < 1.29 is 53.4 Å². The molecule has 1 heterocycles. The molecule has 5 N–H and O–H groups in total. The average Bonchev–Trinajstić information content (AvgIpc) is 2.68. The number of aliphatic hydroxyl groups excluding tert-OH is 3. The maximum Gasteiger partial charge on any atom is 0.339 e. The van der Waals surface area contributed by atoms with E-state index in [1.807, 2.05) is 0 Å². The highest BCUT2D eigenvalue weighted by Crippen LogP contribution is 2.31. The minimum Gasteiger partial charge on any atom is -0.479 e. The maximum atomic E-state index is 14.0. The highest BCUT2D eigenvalue weighted by atomic mass is 19.1. The first-order valence-corrected chi connectivity index (χ1v) is 8.52. The van der Waals surface area contributed by atoms with Gasteiger partial charge in [0, 0.05) is 11.6 Å². The Labute approximate surface area is 167 Å². The molecule has 5 atom stereocenters. The Morgan fingerprint density at radius 2 is 1.63 bits per heavy atom. The highest BCUT2D eigenvalue weighted by Gasteiger charge is 2.48. The van der Waals surface area contributed by atoms with Gasteiger partial charge in [-0.3, -0.25) is 0 Å². The molecular formula is C19H16F2O9. The zero-order valence-corrected chi connectivity index (χ0v) is 15.0. The Morgan fingerprint density at radius 1 is 0.933 bits per heavy atom. The van der Waals surface area contributed by atoms with Gasteiger partial charge in [-0.25, -0.2) is 18.4 Å². The van der Waals surface area contributed by atoms with Gasteiger partial charge >= 0.3 is 11.9 Å². The molecule has 0 aromatic heterocycles. The van der Waals surface area contributed by atoms with Crippen molar-refractivity contribution in [2.75, 3.05) is 0 Å². The molecule has 0 unspecified atom stereocenters. The lowest BCUT2D eigenvalue weighted by atomic mass is 9.98. The van der Waals surface area contributed by atoms with Gasteiger partial charge in [0.05, 0.1) is 0 Å². The summed E-state index contributed by atoms with van der Waals surface area (Å²) in [6.07, 6.45) is -9.54. The molecule has 0 radical (unpaired) electrons. The van der Waals surface area contributed by atoms with Gasteiger partial charge in [-0.15, -0.1) is 0 Å². The highest BCUT2D eigenvalue weighted by molar-refractivity contribution is 5.92. The number of carbonyl (C=O) groups is 2. The van der Waals surface area contributed by atoms with Crippen molar-refractivity contribution in [3.63, 3.8) is 0 Å².